The predicted octanol–water partition coefficient (Wildman–Crippen LogP) is 4.01. The molecule has 0 spiro atoms. The Bertz CT molecular complexity index is 1130. The van der Waals surface area contributed by atoms with E-state index in [0.29, 0.717) is 42.3 Å². The van der Waals surface area contributed by atoms with E-state index < -0.39 is 0 Å². The standard InChI is InChI=1S/C28H39N3O5/c1-7-31(8-2)15-9-14-29-23-13-11-20-21(17-24(23)33)22(30-18(3)32)12-10-19-16-25(34-4)27(35-5)28(36-6)26(19)20/h11,13,16-17,22H,7-10,12,14-15H2,1-6H3,(H,29,33)(H,30,32)/t22-/m0/s1. The minimum Gasteiger partial charge on any atom is -0.493 e. The van der Waals surface area contributed by atoms with Gasteiger partial charge in [0, 0.05) is 19.0 Å². The Morgan fingerprint density at radius 3 is 2.39 bits per heavy atom. The van der Waals surface area contributed by atoms with Crippen LogP contribution in [0.1, 0.15) is 50.8 Å². The van der Waals surface area contributed by atoms with Gasteiger partial charge >= 0.3 is 0 Å². The molecule has 2 aromatic carbocycles. The van der Waals surface area contributed by atoms with E-state index in [0.717, 1.165) is 48.3 Å². The molecule has 2 N–H and O–H groups in total. The Morgan fingerprint density at radius 1 is 1.06 bits per heavy atom. The fourth-order valence-corrected chi connectivity index (χ4v) is 4.92. The SMILES string of the molecule is CCN(CC)CCCNc1ccc2c(cc1=O)[C@@H](NC(C)=O)CCc1cc(OC)c(OC)c(OC)c1-2. The molecule has 0 heterocycles. The van der Waals surface area contributed by atoms with Crippen LogP contribution in [0.5, 0.6) is 17.2 Å². The molecule has 1 aliphatic rings. The van der Waals surface area contributed by atoms with Gasteiger partial charge in [0.05, 0.1) is 33.1 Å². The predicted molar refractivity (Wildman–Crippen MR) is 144 cm³/mol. The topological polar surface area (TPSA) is 89.1 Å². The Kier molecular flexibility index (Phi) is 9.58. The molecule has 0 radical (unpaired) electrons. The van der Waals surface area contributed by atoms with Crippen molar-refractivity contribution in [2.24, 2.45) is 0 Å². The first-order valence-corrected chi connectivity index (χ1v) is 12.6. The molecule has 0 saturated heterocycles. The van der Waals surface area contributed by atoms with Crippen molar-refractivity contribution >= 4 is 11.6 Å². The Morgan fingerprint density at radius 2 is 1.78 bits per heavy atom. The highest BCUT2D eigenvalue weighted by molar-refractivity contribution is 5.83. The minimum absolute atomic E-state index is 0.114. The number of nitrogens with one attached hydrogen (secondary N) is 2. The lowest BCUT2D eigenvalue weighted by Gasteiger charge is -2.19. The third-order valence-corrected chi connectivity index (χ3v) is 6.78. The van der Waals surface area contributed by atoms with Crippen LogP contribution in [0.15, 0.2) is 29.1 Å². The van der Waals surface area contributed by atoms with Crippen LogP contribution in [0.4, 0.5) is 5.69 Å². The highest BCUT2D eigenvalue weighted by Gasteiger charge is 2.29. The van der Waals surface area contributed by atoms with Crippen LogP contribution in [0.3, 0.4) is 0 Å². The van der Waals surface area contributed by atoms with Gasteiger partial charge in [0.15, 0.2) is 11.5 Å². The monoisotopic (exact) mass is 497 g/mol. The summed E-state index contributed by atoms with van der Waals surface area (Å²) in [6.07, 6.45) is 2.23. The van der Waals surface area contributed by atoms with Crippen molar-refractivity contribution in [2.75, 3.05) is 52.8 Å². The van der Waals surface area contributed by atoms with E-state index in [-0.39, 0.29) is 17.4 Å². The zero-order chi connectivity index (χ0) is 26.2. The number of nitrogens with zero attached hydrogens (tertiary/aromatic N) is 1. The van der Waals surface area contributed by atoms with E-state index in [1.807, 2.05) is 18.2 Å². The number of fused-ring (bicyclic) bond motifs is 3. The molecule has 8 nitrogen and oxygen atoms in total. The fourth-order valence-electron chi connectivity index (χ4n) is 4.92. The van der Waals surface area contributed by atoms with Crippen molar-refractivity contribution in [3.05, 3.63) is 45.6 Å². The highest BCUT2D eigenvalue weighted by Crippen LogP contribution is 2.50. The second kappa shape index (κ2) is 12.6. The lowest BCUT2D eigenvalue weighted by molar-refractivity contribution is -0.119. The number of anilines is 1. The number of methoxy groups -OCH3 is 3. The van der Waals surface area contributed by atoms with Gasteiger partial charge in [-0.2, -0.15) is 0 Å². The lowest BCUT2D eigenvalue weighted by atomic mass is 9.95. The van der Waals surface area contributed by atoms with E-state index >= 15 is 0 Å². The molecular formula is C28H39N3O5. The van der Waals surface area contributed by atoms with Crippen LogP contribution in [0, 0.1) is 0 Å². The van der Waals surface area contributed by atoms with E-state index in [2.05, 4.69) is 29.4 Å². The number of hydrogen-bond acceptors (Lipinski definition) is 7. The zero-order valence-electron chi connectivity index (χ0n) is 22.3. The zero-order valence-corrected chi connectivity index (χ0v) is 22.3. The first kappa shape index (κ1) is 27.3. The van der Waals surface area contributed by atoms with Crippen molar-refractivity contribution in [2.45, 2.75) is 46.1 Å². The quantitative estimate of drug-likeness (QED) is 0.454. The highest BCUT2D eigenvalue weighted by atomic mass is 16.5. The lowest BCUT2D eigenvalue weighted by Crippen LogP contribution is -2.27. The molecule has 1 atom stereocenters. The Hall–Kier alpha value is -3.26. The second-order valence-corrected chi connectivity index (χ2v) is 8.90. The van der Waals surface area contributed by atoms with Crippen LogP contribution in [-0.4, -0.2) is 58.3 Å². The van der Waals surface area contributed by atoms with Crippen molar-refractivity contribution < 1.29 is 19.0 Å². The average Bonchev–Trinajstić information content (AvgIpc) is 3.11. The number of amides is 1. The molecule has 0 aromatic heterocycles. The number of carbonyl (C=O) groups excluding carboxylic acids is 1. The molecule has 196 valence electrons. The molecule has 0 unspecified atom stereocenters. The van der Waals surface area contributed by atoms with E-state index in [4.69, 9.17) is 14.2 Å². The summed E-state index contributed by atoms with van der Waals surface area (Å²) in [5, 5.41) is 6.36. The smallest absolute Gasteiger partial charge is 0.217 e. The Labute approximate surface area is 213 Å². The Balaban J connectivity index is 2.12. The number of carbonyl (C=O) groups is 1. The van der Waals surface area contributed by atoms with Gasteiger partial charge in [0.2, 0.25) is 17.1 Å². The molecule has 0 bridgehead atoms. The molecule has 0 saturated carbocycles. The van der Waals surface area contributed by atoms with Crippen molar-refractivity contribution in [3.8, 4) is 28.4 Å². The fraction of sp³-hybridized carbons (Fsp3) is 0.500. The molecule has 1 amide bonds. The summed E-state index contributed by atoms with van der Waals surface area (Å²) in [4.78, 5) is 27.7. The summed E-state index contributed by atoms with van der Waals surface area (Å²) in [5.74, 6) is 1.47. The minimum atomic E-state index is -0.317. The molecule has 0 aliphatic heterocycles. The number of rotatable bonds is 11. The molecule has 2 aromatic rings. The molecule has 0 fully saturated rings. The molecule has 8 heteroatoms. The van der Waals surface area contributed by atoms with Gasteiger partial charge in [-0.1, -0.05) is 19.9 Å². The van der Waals surface area contributed by atoms with E-state index in [1.165, 1.54) is 6.92 Å². The maximum Gasteiger partial charge on any atom is 0.217 e. The number of benzene rings is 1. The molecule has 36 heavy (non-hydrogen) atoms. The van der Waals surface area contributed by atoms with Gasteiger partial charge in [0.25, 0.3) is 0 Å². The van der Waals surface area contributed by atoms with Gasteiger partial charge in [-0.05, 0) is 73.8 Å². The maximum absolute atomic E-state index is 13.3. The van der Waals surface area contributed by atoms with Gasteiger partial charge in [-0.15, -0.1) is 0 Å². The van der Waals surface area contributed by atoms with Crippen molar-refractivity contribution in [3.63, 3.8) is 0 Å². The third kappa shape index (κ3) is 5.93. The molecule has 1 aliphatic carbocycles. The first-order chi connectivity index (χ1) is 17.4. The van der Waals surface area contributed by atoms with Crippen LogP contribution < -0.4 is 30.3 Å². The largest absolute Gasteiger partial charge is 0.493 e. The van der Waals surface area contributed by atoms with Crippen LogP contribution in [0.2, 0.25) is 0 Å². The first-order valence-electron chi connectivity index (χ1n) is 12.6. The van der Waals surface area contributed by atoms with E-state index in [9.17, 15) is 9.59 Å². The number of ether oxygens (including phenoxy) is 3. The summed E-state index contributed by atoms with van der Waals surface area (Å²) < 4.78 is 17.0. The number of aryl methyl sites for hydroxylation is 1. The van der Waals surface area contributed by atoms with Gasteiger partial charge in [-0.3, -0.25) is 9.59 Å². The summed E-state index contributed by atoms with van der Waals surface area (Å²) >= 11 is 0. The van der Waals surface area contributed by atoms with Gasteiger partial charge in [-0.25, -0.2) is 0 Å². The second-order valence-electron chi connectivity index (χ2n) is 8.90. The van der Waals surface area contributed by atoms with Gasteiger partial charge in [0.1, 0.15) is 0 Å². The van der Waals surface area contributed by atoms with Crippen molar-refractivity contribution in [1.82, 2.24) is 10.2 Å². The third-order valence-electron chi connectivity index (χ3n) is 6.78. The van der Waals surface area contributed by atoms with Crippen LogP contribution in [0.25, 0.3) is 11.1 Å². The van der Waals surface area contributed by atoms with Crippen LogP contribution in [-0.2, 0) is 11.2 Å². The van der Waals surface area contributed by atoms with Gasteiger partial charge < -0.3 is 29.7 Å². The number of hydrogen-bond donors (Lipinski definition) is 2. The van der Waals surface area contributed by atoms with Crippen LogP contribution >= 0.6 is 0 Å². The maximum atomic E-state index is 13.3. The molecule has 3 rings (SSSR count). The van der Waals surface area contributed by atoms with E-state index in [1.54, 1.807) is 27.4 Å². The average molecular weight is 498 g/mol. The summed E-state index contributed by atoms with van der Waals surface area (Å²) in [5.41, 5.74) is 3.86. The summed E-state index contributed by atoms with van der Waals surface area (Å²) in [6, 6.07) is 7.05. The summed E-state index contributed by atoms with van der Waals surface area (Å²) in [6.45, 7) is 9.49. The van der Waals surface area contributed by atoms with Crippen molar-refractivity contribution in [1.29, 1.82) is 0 Å². The molecular weight excluding hydrogens is 458 g/mol. The summed E-state index contributed by atoms with van der Waals surface area (Å²) in [7, 11) is 4.76. The normalized spacial score (nSPS) is 14.4.